The van der Waals surface area contributed by atoms with E-state index in [1.165, 1.54) is 11.8 Å². The van der Waals surface area contributed by atoms with E-state index < -0.39 is 5.41 Å². The number of amidine groups is 1. The first-order valence-corrected chi connectivity index (χ1v) is 8.83. The van der Waals surface area contributed by atoms with E-state index in [9.17, 15) is 4.79 Å². The second-order valence-electron chi connectivity index (χ2n) is 6.75. The molecule has 0 saturated carbocycles. The Balaban J connectivity index is 0.00000576. The summed E-state index contributed by atoms with van der Waals surface area (Å²) in [5.74, 6) is 0.250. The number of esters is 1. The molecule has 0 aliphatic carbocycles. The third-order valence-corrected chi connectivity index (χ3v) is 3.39. The van der Waals surface area contributed by atoms with Crippen LogP contribution in [-0.2, 0) is 9.53 Å². The van der Waals surface area contributed by atoms with Gasteiger partial charge in [0.1, 0.15) is 5.94 Å². The van der Waals surface area contributed by atoms with E-state index in [1.807, 2.05) is 59.7 Å². The maximum Gasteiger partial charge on any atom is 0.312 e. The van der Waals surface area contributed by atoms with Crippen molar-refractivity contribution in [2.24, 2.45) is 21.4 Å². The van der Waals surface area contributed by atoms with Crippen LogP contribution in [0.1, 0.15) is 40.2 Å². The third kappa shape index (κ3) is 11.0. The van der Waals surface area contributed by atoms with Gasteiger partial charge >= 0.3 is 5.97 Å². The van der Waals surface area contributed by atoms with E-state index in [4.69, 9.17) is 4.74 Å². The molecular formula is C18H26N3O2PrS-. The fraction of sp³-hybridized carbons (Fsp3) is 0.500. The number of nitrogens with zero attached hydrogens (tertiary/aromatic N) is 2. The van der Waals surface area contributed by atoms with Gasteiger partial charge < -0.3 is 4.74 Å². The SMILES string of the molecule is Cc1cc[c-]c(N=C(N/N=C/C(C)C)SCOC(=O)C(C)(C)C)c1.[Pr]. The van der Waals surface area contributed by atoms with E-state index in [1.54, 1.807) is 6.21 Å². The summed E-state index contributed by atoms with van der Waals surface area (Å²) in [6.07, 6.45) is 1.79. The van der Waals surface area contributed by atoms with Gasteiger partial charge in [-0.1, -0.05) is 20.8 Å². The molecule has 0 spiro atoms. The molecule has 0 saturated heterocycles. The Kier molecular flexibility index (Phi) is 11.8. The van der Waals surface area contributed by atoms with Crippen molar-refractivity contribution in [2.75, 3.05) is 5.94 Å². The second-order valence-corrected chi connectivity index (χ2v) is 7.66. The molecule has 0 fully saturated rings. The van der Waals surface area contributed by atoms with Crippen molar-refractivity contribution in [3.63, 3.8) is 0 Å². The van der Waals surface area contributed by atoms with Crippen molar-refractivity contribution in [3.8, 4) is 0 Å². The average molecular weight is 489 g/mol. The Morgan fingerprint density at radius 3 is 2.68 bits per heavy atom. The van der Waals surface area contributed by atoms with Gasteiger partial charge in [0.05, 0.1) is 5.41 Å². The van der Waals surface area contributed by atoms with Crippen molar-refractivity contribution in [2.45, 2.75) is 41.5 Å². The maximum absolute atomic E-state index is 11.8. The molecule has 1 aromatic rings. The van der Waals surface area contributed by atoms with Crippen LogP contribution in [0.3, 0.4) is 0 Å². The monoisotopic (exact) mass is 489 g/mol. The number of rotatable bonds is 5. The van der Waals surface area contributed by atoms with Crippen molar-refractivity contribution in [3.05, 3.63) is 29.8 Å². The molecule has 0 bridgehead atoms. The number of nitrogens with one attached hydrogen (secondary N) is 1. The minimum absolute atomic E-state index is 0. The molecule has 0 unspecified atom stereocenters. The number of carbonyl (C=O) groups is 1. The summed E-state index contributed by atoms with van der Waals surface area (Å²) >= 11 is 1.28. The van der Waals surface area contributed by atoms with Gasteiger partial charge in [-0.05, 0) is 44.1 Å². The minimum Gasteiger partial charge on any atom is -0.454 e. The predicted octanol–water partition coefficient (Wildman–Crippen LogP) is 4.29. The summed E-state index contributed by atoms with van der Waals surface area (Å²) in [7, 11) is 0. The van der Waals surface area contributed by atoms with Crippen LogP contribution in [-0.4, -0.2) is 23.3 Å². The normalized spacial score (nSPS) is 12.2. The molecule has 135 valence electrons. The Bertz CT molecular complexity index is 611. The number of benzene rings is 1. The largest absolute Gasteiger partial charge is 0.454 e. The molecule has 1 rings (SSSR count). The van der Waals surface area contributed by atoms with Crippen molar-refractivity contribution >= 4 is 34.8 Å². The van der Waals surface area contributed by atoms with Crippen LogP contribution in [0.25, 0.3) is 0 Å². The first kappa shape index (κ1) is 24.5. The van der Waals surface area contributed by atoms with Crippen molar-refractivity contribution < 1.29 is 50.8 Å². The van der Waals surface area contributed by atoms with Crippen LogP contribution >= 0.6 is 11.8 Å². The molecule has 5 nitrogen and oxygen atoms in total. The topological polar surface area (TPSA) is 63.1 Å². The summed E-state index contributed by atoms with van der Waals surface area (Å²) < 4.78 is 5.27. The van der Waals surface area contributed by atoms with Gasteiger partial charge in [-0.3, -0.25) is 15.2 Å². The predicted molar refractivity (Wildman–Crippen MR) is 102 cm³/mol. The molecule has 0 aromatic heterocycles. The number of hydrogen-bond donors (Lipinski definition) is 1. The summed E-state index contributed by atoms with van der Waals surface area (Å²) in [5, 5.41) is 4.71. The summed E-state index contributed by atoms with van der Waals surface area (Å²) in [6, 6.07) is 8.77. The zero-order valence-corrected chi connectivity index (χ0v) is 20.3. The van der Waals surface area contributed by atoms with E-state index in [0.717, 1.165) is 5.56 Å². The quantitative estimate of drug-likeness (QED) is 0.167. The molecule has 25 heavy (non-hydrogen) atoms. The summed E-state index contributed by atoms with van der Waals surface area (Å²) in [5.41, 5.74) is 4.18. The third-order valence-electron chi connectivity index (χ3n) is 2.69. The van der Waals surface area contributed by atoms with Gasteiger partial charge in [0, 0.05) is 47.5 Å². The Morgan fingerprint density at radius 1 is 1.44 bits per heavy atom. The Labute approximate surface area is 188 Å². The van der Waals surface area contributed by atoms with E-state index in [0.29, 0.717) is 16.8 Å². The molecule has 1 N–H and O–H groups in total. The molecular weight excluding hydrogens is 463 g/mol. The smallest absolute Gasteiger partial charge is 0.312 e. The first-order valence-electron chi connectivity index (χ1n) is 7.84. The number of aryl methyl sites for hydroxylation is 1. The van der Waals surface area contributed by atoms with Crippen molar-refractivity contribution in [1.82, 2.24) is 5.43 Å². The Morgan fingerprint density at radius 2 is 2.12 bits per heavy atom. The zero-order valence-electron chi connectivity index (χ0n) is 15.8. The summed E-state index contributed by atoms with van der Waals surface area (Å²) in [4.78, 5) is 16.3. The molecule has 0 amide bonds. The van der Waals surface area contributed by atoms with Gasteiger partial charge in [0.25, 0.3) is 0 Å². The zero-order chi connectivity index (χ0) is 18.2. The maximum atomic E-state index is 11.8. The van der Waals surface area contributed by atoms with Gasteiger partial charge in [0.15, 0.2) is 5.17 Å². The van der Waals surface area contributed by atoms with Crippen LogP contribution < -0.4 is 5.43 Å². The molecule has 1 radical (unpaired) electrons. The van der Waals surface area contributed by atoms with E-state index in [-0.39, 0.29) is 53.2 Å². The van der Waals surface area contributed by atoms with E-state index in [2.05, 4.69) is 21.6 Å². The van der Waals surface area contributed by atoms with Gasteiger partial charge in [0.2, 0.25) is 0 Å². The fourth-order valence-corrected chi connectivity index (χ4v) is 1.98. The van der Waals surface area contributed by atoms with Gasteiger partial charge in [-0.2, -0.15) is 28.9 Å². The van der Waals surface area contributed by atoms with Crippen LogP contribution in [0.4, 0.5) is 5.69 Å². The number of hydrogen-bond acceptors (Lipinski definition) is 5. The number of ether oxygens (including phenoxy) is 1. The van der Waals surface area contributed by atoms with Crippen molar-refractivity contribution in [1.29, 1.82) is 0 Å². The average Bonchev–Trinajstić information content (AvgIpc) is 2.45. The first-order chi connectivity index (χ1) is 11.2. The molecule has 1 aromatic carbocycles. The van der Waals surface area contributed by atoms with Crippen LogP contribution in [0.2, 0.25) is 0 Å². The minimum atomic E-state index is -0.522. The molecule has 0 aliphatic rings. The van der Waals surface area contributed by atoms with Crippen LogP contribution in [0.15, 0.2) is 28.3 Å². The van der Waals surface area contributed by atoms with Gasteiger partial charge in [-0.15, -0.1) is 6.07 Å². The molecule has 7 heteroatoms. The number of carbonyl (C=O) groups excluding carboxylic acids is 1. The van der Waals surface area contributed by atoms with Crippen LogP contribution in [0.5, 0.6) is 0 Å². The number of thioether (sulfide) groups is 1. The molecule has 0 aliphatic heterocycles. The molecule has 0 heterocycles. The number of hydrazone groups is 1. The van der Waals surface area contributed by atoms with Crippen LogP contribution in [0, 0.1) is 65.6 Å². The van der Waals surface area contributed by atoms with Gasteiger partial charge in [-0.25, -0.2) is 0 Å². The molecule has 0 atom stereocenters. The van der Waals surface area contributed by atoms with E-state index >= 15 is 0 Å². The Hall–Kier alpha value is -0.456. The second kappa shape index (κ2) is 12.0. The summed E-state index contributed by atoms with van der Waals surface area (Å²) in [6.45, 7) is 11.5. The standard InChI is InChI=1S/C18H26N3O2S.Pr/c1-13(2)11-19-21-17(20-15-9-7-8-14(3)10-15)24-12-23-16(22)18(4,5)6;/h7-8,10-11,13H,12H2,1-6H3,(H,20,21);/q-1;/b19-11+;. The fourth-order valence-electron chi connectivity index (χ4n) is 1.42. The number of aliphatic imine (C=N–C) groups is 1.